The molecule has 0 N–H and O–H groups in total. The normalized spacial score (nSPS) is 17.4. The van der Waals surface area contributed by atoms with E-state index in [2.05, 4.69) is 0 Å². The van der Waals surface area contributed by atoms with Gasteiger partial charge in [-0.1, -0.05) is 29.8 Å². The maximum atomic E-state index is 12.5. The zero-order valence-corrected chi connectivity index (χ0v) is 11.9. The monoisotopic (exact) mass is 293 g/mol. The van der Waals surface area contributed by atoms with Gasteiger partial charge in [0.1, 0.15) is 5.75 Å². The lowest BCUT2D eigenvalue weighted by atomic mass is 10.2. The van der Waals surface area contributed by atoms with Gasteiger partial charge < -0.3 is 4.74 Å². The number of para-hydroxylation sites is 1. The standard InChI is InChI=1S/C14H12ClNO2S/c1-18-12-7-10-9-16(11-5-3-2-4-6-11)19(17)14(10)13(15)8-12/h2-8H,9H2,1H3. The second-order valence-corrected chi connectivity index (χ2v) is 5.97. The first-order valence-electron chi connectivity index (χ1n) is 5.81. The predicted octanol–water partition coefficient (Wildman–Crippen LogP) is 3.39. The van der Waals surface area contributed by atoms with Crippen LogP contribution in [0.2, 0.25) is 5.02 Å². The maximum Gasteiger partial charge on any atom is 0.155 e. The third-order valence-corrected chi connectivity index (χ3v) is 5.04. The van der Waals surface area contributed by atoms with E-state index in [-0.39, 0.29) is 0 Å². The Morgan fingerprint density at radius 3 is 2.68 bits per heavy atom. The summed E-state index contributed by atoms with van der Waals surface area (Å²) in [6, 6.07) is 13.3. The predicted molar refractivity (Wildman–Crippen MR) is 77.0 cm³/mol. The molecule has 5 heteroatoms. The molecule has 1 unspecified atom stereocenters. The van der Waals surface area contributed by atoms with Gasteiger partial charge >= 0.3 is 0 Å². The summed E-state index contributed by atoms with van der Waals surface area (Å²) in [5.41, 5.74) is 1.87. The van der Waals surface area contributed by atoms with Crippen molar-refractivity contribution in [2.24, 2.45) is 0 Å². The average molecular weight is 294 g/mol. The van der Waals surface area contributed by atoms with E-state index in [4.69, 9.17) is 16.3 Å². The number of benzene rings is 2. The Kier molecular flexibility index (Phi) is 3.21. The third kappa shape index (κ3) is 2.11. The van der Waals surface area contributed by atoms with Crippen LogP contribution in [0.1, 0.15) is 5.56 Å². The van der Waals surface area contributed by atoms with Gasteiger partial charge in [0, 0.05) is 11.8 Å². The van der Waals surface area contributed by atoms with Crippen molar-refractivity contribution in [3.8, 4) is 5.75 Å². The molecule has 2 aromatic carbocycles. The number of rotatable bonds is 2. The van der Waals surface area contributed by atoms with Gasteiger partial charge in [0.15, 0.2) is 11.0 Å². The van der Waals surface area contributed by atoms with Gasteiger partial charge in [-0.3, -0.25) is 4.31 Å². The fraction of sp³-hybridized carbons (Fsp3) is 0.143. The van der Waals surface area contributed by atoms with Crippen LogP contribution in [0.25, 0.3) is 0 Å². The number of methoxy groups -OCH3 is 1. The Balaban J connectivity index is 2.05. The Labute approximate surface area is 119 Å². The molecule has 0 aliphatic carbocycles. The summed E-state index contributed by atoms with van der Waals surface area (Å²) in [6.07, 6.45) is 0. The number of anilines is 1. The molecule has 0 fully saturated rings. The van der Waals surface area contributed by atoms with Crippen LogP contribution in [0.3, 0.4) is 0 Å². The Morgan fingerprint density at radius 2 is 2.00 bits per heavy atom. The second kappa shape index (κ2) is 4.87. The number of nitrogens with zero attached hydrogens (tertiary/aromatic N) is 1. The lowest BCUT2D eigenvalue weighted by molar-refractivity contribution is 0.414. The van der Waals surface area contributed by atoms with E-state index in [1.807, 2.05) is 40.7 Å². The summed E-state index contributed by atoms with van der Waals surface area (Å²) in [4.78, 5) is 0.686. The van der Waals surface area contributed by atoms with Crippen LogP contribution in [0, 0.1) is 0 Å². The summed E-state index contributed by atoms with van der Waals surface area (Å²) in [6.45, 7) is 0.572. The topological polar surface area (TPSA) is 29.5 Å². The lowest BCUT2D eigenvalue weighted by Gasteiger charge is -2.15. The first-order chi connectivity index (χ1) is 9.20. The molecule has 19 heavy (non-hydrogen) atoms. The van der Waals surface area contributed by atoms with Crippen molar-refractivity contribution in [3.63, 3.8) is 0 Å². The summed E-state index contributed by atoms with van der Waals surface area (Å²) < 4.78 is 19.6. The van der Waals surface area contributed by atoms with Gasteiger partial charge in [-0.15, -0.1) is 0 Å². The average Bonchev–Trinajstić information content (AvgIpc) is 2.77. The molecule has 1 aliphatic heterocycles. The van der Waals surface area contributed by atoms with E-state index in [1.54, 1.807) is 13.2 Å². The summed E-state index contributed by atoms with van der Waals surface area (Å²) in [7, 11) is 0.334. The molecule has 0 spiro atoms. The molecule has 0 aromatic heterocycles. The van der Waals surface area contributed by atoms with Crippen LogP contribution in [0.15, 0.2) is 47.4 Å². The van der Waals surface area contributed by atoms with Crippen molar-refractivity contribution >= 4 is 28.3 Å². The Morgan fingerprint density at radius 1 is 1.26 bits per heavy atom. The first-order valence-corrected chi connectivity index (χ1v) is 7.30. The molecule has 0 bridgehead atoms. The number of hydrogen-bond acceptors (Lipinski definition) is 2. The minimum absolute atomic E-state index is 0.492. The highest BCUT2D eigenvalue weighted by atomic mass is 35.5. The van der Waals surface area contributed by atoms with Crippen molar-refractivity contribution < 1.29 is 8.95 Å². The van der Waals surface area contributed by atoms with Crippen LogP contribution in [-0.2, 0) is 17.5 Å². The van der Waals surface area contributed by atoms with E-state index < -0.39 is 11.0 Å². The summed E-state index contributed by atoms with van der Waals surface area (Å²) >= 11 is 6.20. The smallest absolute Gasteiger partial charge is 0.155 e. The van der Waals surface area contributed by atoms with Crippen molar-refractivity contribution in [2.45, 2.75) is 11.4 Å². The molecule has 0 saturated carbocycles. The Hall–Kier alpha value is -1.52. The zero-order chi connectivity index (χ0) is 13.4. The van der Waals surface area contributed by atoms with E-state index in [0.29, 0.717) is 22.2 Å². The van der Waals surface area contributed by atoms with Crippen LogP contribution >= 0.6 is 11.6 Å². The Bertz CT molecular complexity index is 645. The molecule has 0 saturated heterocycles. The molecule has 98 valence electrons. The zero-order valence-electron chi connectivity index (χ0n) is 10.3. The van der Waals surface area contributed by atoms with Crippen molar-refractivity contribution in [3.05, 3.63) is 53.1 Å². The number of halogens is 1. The number of ether oxygens (including phenoxy) is 1. The van der Waals surface area contributed by atoms with Gasteiger partial charge in [-0.2, -0.15) is 0 Å². The van der Waals surface area contributed by atoms with Gasteiger partial charge in [0.05, 0.1) is 23.6 Å². The molecule has 1 heterocycles. The van der Waals surface area contributed by atoms with Crippen molar-refractivity contribution in [2.75, 3.05) is 11.4 Å². The fourth-order valence-corrected chi connectivity index (χ4v) is 3.95. The second-order valence-electron chi connectivity index (χ2n) is 4.22. The highest BCUT2D eigenvalue weighted by Crippen LogP contribution is 2.38. The molecule has 3 rings (SSSR count). The summed E-state index contributed by atoms with van der Waals surface area (Å²) in [5.74, 6) is 0.690. The van der Waals surface area contributed by atoms with Crippen molar-refractivity contribution in [1.29, 1.82) is 0 Å². The molecule has 1 aliphatic rings. The van der Waals surface area contributed by atoms with Gasteiger partial charge in [0.25, 0.3) is 0 Å². The van der Waals surface area contributed by atoms with Crippen LogP contribution in [0.4, 0.5) is 5.69 Å². The van der Waals surface area contributed by atoms with Crippen LogP contribution in [-0.4, -0.2) is 11.3 Å². The molecule has 0 radical (unpaired) electrons. The molecular formula is C14H12ClNO2S. The van der Waals surface area contributed by atoms with Gasteiger partial charge in [0.2, 0.25) is 0 Å². The van der Waals surface area contributed by atoms with Crippen LogP contribution < -0.4 is 9.04 Å². The lowest BCUT2D eigenvalue weighted by Crippen LogP contribution is -2.17. The SMILES string of the molecule is COc1cc(Cl)c2c(c1)CN(c1ccccc1)S2=O. The first kappa shape index (κ1) is 12.5. The van der Waals surface area contributed by atoms with Crippen LogP contribution in [0.5, 0.6) is 5.75 Å². The minimum atomic E-state index is -1.26. The molecule has 3 nitrogen and oxygen atoms in total. The quantitative estimate of drug-likeness (QED) is 0.849. The summed E-state index contributed by atoms with van der Waals surface area (Å²) in [5, 5.41) is 0.492. The molecular weight excluding hydrogens is 282 g/mol. The molecule has 0 amide bonds. The molecule has 1 atom stereocenters. The maximum absolute atomic E-state index is 12.5. The number of fused-ring (bicyclic) bond motifs is 1. The van der Waals surface area contributed by atoms with Crippen molar-refractivity contribution in [1.82, 2.24) is 0 Å². The minimum Gasteiger partial charge on any atom is -0.497 e. The third-order valence-electron chi connectivity index (χ3n) is 3.06. The highest BCUT2D eigenvalue weighted by molar-refractivity contribution is 7.87. The van der Waals surface area contributed by atoms with Gasteiger partial charge in [-0.05, 0) is 23.8 Å². The fourth-order valence-electron chi connectivity index (χ4n) is 2.16. The number of hydrogen-bond donors (Lipinski definition) is 0. The molecule has 2 aromatic rings. The largest absolute Gasteiger partial charge is 0.497 e. The van der Waals surface area contributed by atoms with Gasteiger partial charge in [-0.25, -0.2) is 4.21 Å². The van der Waals surface area contributed by atoms with E-state index in [9.17, 15) is 4.21 Å². The van der Waals surface area contributed by atoms with E-state index >= 15 is 0 Å². The highest BCUT2D eigenvalue weighted by Gasteiger charge is 2.30. The van der Waals surface area contributed by atoms with E-state index in [1.165, 1.54) is 0 Å². The van der Waals surface area contributed by atoms with E-state index in [0.717, 1.165) is 11.3 Å².